The number of benzene rings is 1. The van der Waals surface area contributed by atoms with Crippen LogP contribution in [0.15, 0.2) is 18.2 Å². The predicted octanol–water partition coefficient (Wildman–Crippen LogP) is 3.65. The zero-order valence-electron chi connectivity index (χ0n) is 11.3. The average molecular weight is 332 g/mol. The first-order valence-electron chi connectivity index (χ1n) is 6.00. The molecule has 1 atom stereocenters. The van der Waals surface area contributed by atoms with E-state index in [1.807, 2.05) is 0 Å². The van der Waals surface area contributed by atoms with E-state index < -0.39 is 4.92 Å². The van der Waals surface area contributed by atoms with Crippen LogP contribution in [0.25, 0.3) is 0 Å². The summed E-state index contributed by atoms with van der Waals surface area (Å²) in [4.78, 5) is 10.2. The molecule has 5 nitrogen and oxygen atoms in total. The monoisotopic (exact) mass is 331 g/mol. The molecule has 0 bridgehead atoms. The van der Waals surface area contributed by atoms with E-state index in [1.54, 1.807) is 6.07 Å². The van der Waals surface area contributed by atoms with Gasteiger partial charge in [0.25, 0.3) is 5.69 Å². The van der Waals surface area contributed by atoms with Crippen LogP contribution in [-0.4, -0.2) is 24.0 Å². The summed E-state index contributed by atoms with van der Waals surface area (Å²) >= 11 is 3.46. The first-order chi connectivity index (χ1) is 8.99. The summed E-state index contributed by atoms with van der Waals surface area (Å²) in [6.45, 7) is 4.79. The zero-order chi connectivity index (χ0) is 14.4. The molecule has 0 N–H and O–H groups in total. The lowest BCUT2D eigenvalue weighted by atomic mass is 9.99. The van der Waals surface area contributed by atoms with Crippen LogP contribution in [0, 0.1) is 22.0 Å². The molecular formula is C13H18BrNO4. The standard InChI is InChI=1S/C13H18BrNO4/c1-9(2)10(7-14)8-19-12-5-4-11(15(16)17)6-13(12)18-3/h4-6,9-10H,7-8H2,1-3H3. The number of methoxy groups -OCH3 is 1. The van der Waals surface area contributed by atoms with Crippen molar-refractivity contribution in [3.05, 3.63) is 28.3 Å². The van der Waals surface area contributed by atoms with Crippen LogP contribution in [0.1, 0.15) is 13.8 Å². The Bertz CT molecular complexity index is 437. The van der Waals surface area contributed by atoms with E-state index in [-0.39, 0.29) is 5.69 Å². The van der Waals surface area contributed by atoms with E-state index in [2.05, 4.69) is 29.8 Å². The summed E-state index contributed by atoms with van der Waals surface area (Å²) in [5.41, 5.74) is -0.00917. The van der Waals surface area contributed by atoms with E-state index in [0.29, 0.717) is 29.9 Å². The van der Waals surface area contributed by atoms with Gasteiger partial charge in [-0.2, -0.15) is 0 Å². The lowest BCUT2D eigenvalue weighted by Gasteiger charge is -2.19. The number of alkyl halides is 1. The molecular weight excluding hydrogens is 314 g/mol. The fourth-order valence-corrected chi connectivity index (χ4v) is 2.44. The quantitative estimate of drug-likeness (QED) is 0.434. The van der Waals surface area contributed by atoms with Gasteiger partial charge < -0.3 is 9.47 Å². The molecule has 0 aromatic heterocycles. The van der Waals surface area contributed by atoms with Crippen LogP contribution < -0.4 is 9.47 Å². The fourth-order valence-electron chi connectivity index (χ4n) is 1.50. The molecule has 0 aliphatic heterocycles. The number of nitro benzene ring substituents is 1. The molecule has 0 spiro atoms. The topological polar surface area (TPSA) is 61.6 Å². The summed E-state index contributed by atoms with van der Waals surface area (Å²) in [7, 11) is 1.47. The average Bonchev–Trinajstić information content (AvgIpc) is 2.38. The van der Waals surface area contributed by atoms with Crippen LogP contribution in [0.5, 0.6) is 11.5 Å². The van der Waals surface area contributed by atoms with Gasteiger partial charge in [0.15, 0.2) is 11.5 Å². The van der Waals surface area contributed by atoms with Crippen molar-refractivity contribution in [3.63, 3.8) is 0 Å². The van der Waals surface area contributed by atoms with Crippen LogP contribution >= 0.6 is 15.9 Å². The van der Waals surface area contributed by atoms with Crippen molar-refractivity contribution in [1.82, 2.24) is 0 Å². The maximum Gasteiger partial charge on any atom is 0.273 e. The highest BCUT2D eigenvalue weighted by atomic mass is 79.9. The summed E-state index contributed by atoms with van der Waals surface area (Å²) in [6.07, 6.45) is 0. The van der Waals surface area contributed by atoms with Gasteiger partial charge in [-0.1, -0.05) is 29.8 Å². The summed E-state index contributed by atoms with van der Waals surface area (Å²) in [5, 5.41) is 11.5. The second-order valence-electron chi connectivity index (χ2n) is 4.56. The lowest BCUT2D eigenvalue weighted by Crippen LogP contribution is -2.19. The minimum Gasteiger partial charge on any atom is -0.493 e. The van der Waals surface area contributed by atoms with E-state index in [4.69, 9.17) is 9.47 Å². The SMILES string of the molecule is COc1cc([N+](=O)[O-])ccc1OCC(CBr)C(C)C. The minimum atomic E-state index is -0.457. The van der Waals surface area contributed by atoms with Crippen molar-refractivity contribution in [1.29, 1.82) is 0 Å². The molecule has 1 rings (SSSR count). The first-order valence-corrected chi connectivity index (χ1v) is 7.13. The normalized spacial score (nSPS) is 12.3. The Kier molecular flexibility index (Phi) is 6.08. The molecule has 0 heterocycles. The Balaban J connectivity index is 2.80. The number of hydrogen-bond donors (Lipinski definition) is 0. The van der Waals surface area contributed by atoms with E-state index >= 15 is 0 Å². The molecule has 0 saturated heterocycles. The third-order valence-corrected chi connectivity index (χ3v) is 3.78. The van der Waals surface area contributed by atoms with Gasteiger partial charge in [-0.05, 0) is 12.0 Å². The second-order valence-corrected chi connectivity index (χ2v) is 5.21. The number of nitrogens with zero attached hydrogens (tertiary/aromatic N) is 1. The van der Waals surface area contributed by atoms with Gasteiger partial charge in [-0.25, -0.2) is 0 Å². The van der Waals surface area contributed by atoms with E-state index in [9.17, 15) is 10.1 Å². The summed E-state index contributed by atoms with van der Waals surface area (Å²) in [5.74, 6) is 1.77. The van der Waals surface area contributed by atoms with Gasteiger partial charge in [0, 0.05) is 17.3 Å². The van der Waals surface area contributed by atoms with Gasteiger partial charge in [-0.3, -0.25) is 10.1 Å². The Morgan fingerprint density at radius 1 is 1.37 bits per heavy atom. The molecule has 0 amide bonds. The molecule has 0 fully saturated rings. The number of nitro groups is 1. The molecule has 0 radical (unpaired) electrons. The Morgan fingerprint density at radius 3 is 2.53 bits per heavy atom. The van der Waals surface area contributed by atoms with Crippen LogP contribution in [0.3, 0.4) is 0 Å². The fraction of sp³-hybridized carbons (Fsp3) is 0.538. The number of non-ortho nitro benzene ring substituents is 1. The molecule has 0 saturated carbocycles. The third kappa shape index (κ3) is 4.38. The van der Waals surface area contributed by atoms with Crippen molar-refractivity contribution in [2.24, 2.45) is 11.8 Å². The van der Waals surface area contributed by atoms with Gasteiger partial charge >= 0.3 is 0 Å². The van der Waals surface area contributed by atoms with Crippen LogP contribution in [0.2, 0.25) is 0 Å². The van der Waals surface area contributed by atoms with Crippen molar-refractivity contribution >= 4 is 21.6 Å². The molecule has 19 heavy (non-hydrogen) atoms. The smallest absolute Gasteiger partial charge is 0.273 e. The predicted molar refractivity (Wildman–Crippen MR) is 77.3 cm³/mol. The van der Waals surface area contributed by atoms with Crippen LogP contribution in [-0.2, 0) is 0 Å². The maximum atomic E-state index is 10.7. The molecule has 1 aromatic carbocycles. The number of ether oxygens (including phenoxy) is 2. The first kappa shape index (κ1) is 15.8. The van der Waals surface area contributed by atoms with Crippen molar-refractivity contribution < 1.29 is 14.4 Å². The van der Waals surface area contributed by atoms with Gasteiger partial charge in [-0.15, -0.1) is 0 Å². The molecule has 6 heteroatoms. The maximum absolute atomic E-state index is 10.7. The Morgan fingerprint density at radius 2 is 2.05 bits per heavy atom. The summed E-state index contributed by atoms with van der Waals surface area (Å²) in [6, 6.07) is 4.35. The van der Waals surface area contributed by atoms with Gasteiger partial charge in [0.1, 0.15) is 0 Å². The molecule has 0 aliphatic rings. The van der Waals surface area contributed by atoms with Gasteiger partial charge in [0.2, 0.25) is 0 Å². The van der Waals surface area contributed by atoms with E-state index in [1.165, 1.54) is 19.2 Å². The van der Waals surface area contributed by atoms with E-state index in [0.717, 1.165) is 5.33 Å². The Hall–Kier alpha value is -1.30. The van der Waals surface area contributed by atoms with Crippen molar-refractivity contribution in [2.75, 3.05) is 19.0 Å². The molecule has 106 valence electrons. The van der Waals surface area contributed by atoms with Crippen molar-refractivity contribution in [3.8, 4) is 11.5 Å². The minimum absolute atomic E-state index is 0.00917. The molecule has 1 unspecified atom stereocenters. The third-order valence-electron chi connectivity index (χ3n) is 2.95. The van der Waals surface area contributed by atoms with Crippen molar-refractivity contribution in [2.45, 2.75) is 13.8 Å². The highest BCUT2D eigenvalue weighted by Crippen LogP contribution is 2.31. The highest BCUT2D eigenvalue weighted by molar-refractivity contribution is 9.09. The zero-order valence-corrected chi connectivity index (χ0v) is 12.8. The number of hydrogen-bond acceptors (Lipinski definition) is 4. The molecule has 1 aromatic rings. The van der Waals surface area contributed by atoms with Crippen LogP contribution in [0.4, 0.5) is 5.69 Å². The summed E-state index contributed by atoms with van der Waals surface area (Å²) < 4.78 is 10.8. The van der Waals surface area contributed by atoms with Gasteiger partial charge in [0.05, 0.1) is 24.7 Å². The molecule has 0 aliphatic carbocycles. The largest absolute Gasteiger partial charge is 0.493 e. The Labute approximate surface area is 121 Å². The highest BCUT2D eigenvalue weighted by Gasteiger charge is 2.16. The lowest BCUT2D eigenvalue weighted by molar-refractivity contribution is -0.385. The number of rotatable bonds is 7. The number of halogens is 1. The second kappa shape index (κ2) is 7.33.